The summed E-state index contributed by atoms with van der Waals surface area (Å²) in [5.41, 5.74) is 0.751. The maximum absolute atomic E-state index is 12.5. The molecular formula is C19H24N2O3. The highest BCUT2D eigenvalue weighted by molar-refractivity contribution is 5.98. The minimum absolute atomic E-state index is 0.00642. The first-order valence-corrected chi connectivity index (χ1v) is 8.80. The Balaban J connectivity index is 1.50. The summed E-state index contributed by atoms with van der Waals surface area (Å²) in [5.74, 6) is 0.265. The Hall–Kier alpha value is -2.17. The van der Waals surface area contributed by atoms with Gasteiger partial charge in [0.05, 0.1) is 6.54 Å². The lowest BCUT2D eigenvalue weighted by molar-refractivity contribution is -0.142. The van der Waals surface area contributed by atoms with E-state index in [0.717, 1.165) is 18.4 Å². The molecule has 0 aromatic heterocycles. The fourth-order valence-corrected chi connectivity index (χ4v) is 3.52. The summed E-state index contributed by atoms with van der Waals surface area (Å²) >= 11 is 0. The summed E-state index contributed by atoms with van der Waals surface area (Å²) in [6, 6.07) is 9.35. The van der Waals surface area contributed by atoms with Gasteiger partial charge in [-0.25, -0.2) is 0 Å². The van der Waals surface area contributed by atoms with E-state index >= 15 is 0 Å². The monoisotopic (exact) mass is 328 g/mol. The lowest BCUT2D eigenvalue weighted by atomic mass is 9.89. The summed E-state index contributed by atoms with van der Waals surface area (Å²) in [5, 5.41) is 0. The first-order chi connectivity index (χ1) is 11.6. The van der Waals surface area contributed by atoms with Gasteiger partial charge in [-0.3, -0.25) is 14.4 Å². The normalized spacial score (nSPS) is 19.4. The van der Waals surface area contributed by atoms with Crippen LogP contribution in [0.4, 0.5) is 0 Å². The predicted octanol–water partition coefficient (Wildman–Crippen LogP) is 2.12. The van der Waals surface area contributed by atoms with Gasteiger partial charge in [-0.2, -0.15) is 0 Å². The van der Waals surface area contributed by atoms with E-state index in [1.165, 1.54) is 0 Å². The molecule has 3 rings (SSSR count). The number of hydrogen-bond acceptors (Lipinski definition) is 3. The van der Waals surface area contributed by atoms with Gasteiger partial charge in [-0.15, -0.1) is 0 Å². The number of likely N-dealkylation sites (tertiary alicyclic amines) is 2. The first-order valence-electron chi connectivity index (χ1n) is 8.80. The van der Waals surface area contributed by atoms with Gasteiger partial charge in [0, 0.05) is 37.5 Å². The molecule has 0 atom stereocenters. The molecular weight excluding hydrogens is 304 g/mol. The minimum atomic E-state index is -0.00642. The van der Waals surface area contributed by atoms with E-state index in [2.05, 4.69) is 0 Å². The molecule has 1 aromatic rings. The average molecular weight is 328 g/mol. The molecule has 0 saturated carbocycles. The summed E-state index contributed by atoms with van der Waals surface area (Å²) in [6.07, 6.45) is 3.87. The number of Topliss-reactive ketones (excluding diaryl/α,β-unsaturated/α-hetero) is 1. The van der Waals surface area contributed by atoms with Crippen molar-refractivity contribution >= 4 is 17.6 Å². The maximum Gasteiger partial charge on any atom is 0.242 e. The summed E-state index contributed by atoms with van der Waals surface area (Å²) in [7, 11) is 0. The van der Waals surface area contributed by atoms with E-state index in [-0.39, 0.29) is 30.1 Å². The highest BCUT2D eigenvalue weighted by Crippen LogP contribution is 2.22. The smallest absolute Gasteiger partial charge is 0.242 e. The second-order valence-corrected chi connectivity index (χ2v) is 6.66. The molecule has 128 valence electrons. The van der Waals surface area contributed by atoms with E-state index in [1.807, 2.05) is 30.3 Å². The van der Waals surface area contributed by atoms with Crippen molar-refractivity contribution in [2.75, 3.05) is 26.2 Å². The average Bonchev–Trinajstić information content (AvgIpc) is 2.64. The van der Waals surface area contributed by atoms with Crippen LogP contribution in [0.5, 0.6) is 0 Å². The van der Waals surface area contributed by atoms with E-state index in [9.17, 15) is 14.4 Å². The summed E-state index contributed by atoms with van der Waals surface area (Å²) in [6.45, 7) is 2.08. The fourth-order valence-electron chi connectivity index (χ4n) is 3.52. The number of hydrogen-bond donors (Lipinski definition) is 0. The lowest BCUT2D eigenvalue weighted by Gasteiger charge is -2.34. The van der Waals surface area contributed by atoms with Crippen molar-refractivity contribution in [2.45, 2.75) is 32.1 Å². The SMILES string of the molecule is O=C(c1ccccc1)C1CCN(C(=O)CN2CCCCC2=O)CC1. The third-order valence-corrected chi connectivity index (χ3v) is 5.02. The summed E-state index contributed by atoms with van der Waals surface area (Å²) < 4.78 is 0. The molecule has 0 N–H and O–H groups in total. The standard InChI is InChI=1S/C19H24N2O3/c22-17-8-4-5-11-21(17)14-18(23)20-12-9-16(10-13-20)19(24)15-6-2-1-3-7-15/h1-3,6-7,16H,4-5,8-14H2. The molecule has 1 aromatic carbocycles. The van der Waals surface area contributed by atoms with Crippen molar-refractivity contribution in [3.63, 3.8) is 0 Å². The Morgan fingerprint density at radius 2 is 1.71 bits per heavy atom. The molecule has 0 unspecified atom stereocenters. The zero-order valence-corrected chi connectivity index (χ0v) is 13.9. The van der Waals surface area contributed by atoms with Gasteiger partial charge in [0.25, 0.3) is 0 Å². The predicted molar refractivity (Wildman–Crippen MR) is 90.5 cm³/mol. The highest BCUT2D eigenvalue weighted by Gasteiger charge is 2.29. The zero-order valence-electron chi connectivity index (χ0n) is 13.9. The summed E-state index contributed by atoms with van der Waals surface area (Å²) in [4.78, 5) is 40.2. The van der Waals surface area contributed by atoms with Crippen molar-refractivity contribution < 1.29 is 14.4 Å². The first kappa shape index (κ1) is 16.7. The van der Waals surface area contributed by atoms with Gasteiger partial charge < -0.3 is 9.80 Å². The number of ketones is 1. The van der Waals surface area contributed by atoms with Crippen molar-refractivity contribution in [3.8, 4) is 0 Å². The number of benzene rings is 1. The molecule has 2 aliphatic heterocycles. The molecule has 2 aliphatic rings. The number of rotatable bonds is 4. The number of nitrogens with zero attached hydrogens (tertiary/aromatic N) is 2. The number of carbonyl (C=O) groups excluding carboxylic acids is 3. The van der Waals surface area contributed by atoms with Crippen LogP contribution < -0.4 is 0 Å². The molecule has 2 amide bonds. The second kappa shape index (κ2) is 7.60. The third kappa shape index (κ3) is 3.83. The number of carbonyl (C=O) groups is 3. The third-order valence-electron chi connectivity index (χ3n) is 5.02. The van der Waals surface area contributed by atoms with Crippen LogP contribution >= 0.6 is 0 Å². The van der Waals surface area contributed by atoms with Crippen LogP contribution in [0.25, 0.3) is 0 Å². The minimum Gasteiger partial charge on any atom is -0.341 e. The van der Waals surface area contributed by atoms with Crippen molar-refractivity contribution in [1.29, 1.82) is 0 Å². The Kier molecular flexibility index (Phi) is 5.28. The molecule has 0 radical (unpaired) electrons. The molecule has 24 heavy (non-hydrogen) atoms. The van der Waals surface area contributed by atoms with Crippen LogP contribution in [-0.2, 0) is 9.59 Å². The van der Waals surface area contributed by atoms with Gasteiger partial charge in [0.15, 0.2) is 5.78 Å². The van der Waals surface area contributed by atoms with Crippen LogP contribution in [-0.4, -0.2) is 53.6 Å². The highest BCUT2D eigenvalue weighted by atomic mass is 16.2. The molecule has 0 spiro atoms. The van der Waals surface area contributed by atoms with Gasteiger partial charge in [0.1, 0.15) is 0 Å². The molecule has 2 heterocycles. The Labute approximate surface area is 142 Å². The van der Waals surface area contributed by atoms with Gasteiger partial charge in [-0.05, 0) is 25.7 Å². The topological polar surface area (TPSA) is 57.7 Å². The maximum atomic E-state index is 12.5. The molecule has 0 bridgehead atoms. The van der Waals surface area contributed by atoms with Crippen LogP contribution in [0.1, 0.15) is 42.5 Å². The number of piperidine rings is 2. The van der Waals surface area contributed by atoms with Gasteiger partial charge in [0.2, 0.25) is 11.8 Å². The van der Waals surface area contributed by atoms with E-state index < -0.39 is 0 Å². The Bertz CT molecular complexity index is 606. The van der Waals surface area contributed by atoms with Crippen molar-refractivity contribution in [2.24, 2.45) is 5.92 Å². The quantitative estimate of drug-likeness (QED) is 0.796. The van der Waals surface area contributed by atoms with E-state index in [4.69, 9.17) is 0 Å². The largest absolute Gasteiger partial charge is 0.341 e. The second-order valence-electron chi connectivity index (χ2n) is 6.66. The molecule has 0 aliphatic carbocycles. The van der Waals surface area contributed by atoms with Crippen LogP contribution in [0.2, 0.25) is 0 Å². The fraction of sp³-hybridized carbons (Fsp3) is 0.526. The Morgan fingerprint density at radius 3 is 2.38 bits per heavy atom. The van der Waals surface area contributed by atoms with E-state index in [1.54, 1.807) is 9.80 Å². The molecule has 5 heteroatoms. The van der Waals surface area contributed by atoms with Crippen LogP contribution in [0, 0.1) is 5.92 Å². The number of amides is 2. The van der Waals surface area contributed by atoms with Crippen molar-refractivity contribution in [3.05, 3.63) is 35.9 Å². The Morgan fingerprint density at radius 1 is 1.00 bits per heavy atom. The molecule has 2 fully saturated rings. The van der Waals surface area contributed by atoms with Crippen molar-refractivity contribution in [1.82, 2.24) is 9.80 Å². The van der Waals surface area contributed by atoms with Crippen LogP contribution in [0.15, 0.2) is 30.3 Å². The molecule has 2 saturated heterocycles. The van der Waals surface area contributed by atoms with Crippen LogP contribution in [0.3, 0.4) is 0 Å². The lowest BCUT2D eigenvalue weighted by Crippen LogP contribution is -2.47. The van der Waals surface area contributed by atoms with Gasteiger partial charge >= 0.3 is 0 Å². The van der Waals surface area contributed by atoms with E-state index in [0.29, 0.717) is 38.9 Å². The molecule has 5 nitrogen and oxygen atoms in total. The zero-order chi connectivity index (χ0) is 16.9. The van der Waals surface area contributed by atoms with Gasteiger partial charge in [-0.1, -0.05) is 30.3 Å².